The topological polar surface area (TPSA) is 168 Å². The highest BCUT2D eigenvalue weighted by atomic mass is 32.2. The van der Waals surface area contributed by atoms with Crippen molar-refractivity contribution < 1.29 is 34.1 Å². The average Bonchev–Trinajstić information content (AvgIpc) is 2.80. The summed E-state index contributed by atoms with van der Waals surface area (Å²) in [6.45, 7) is 0.688. The Morgan fingerprint density at radius 2 is 1.88 bits per heavy atom. The lowest BCUT2D eigenvalue weighted by Gasteiger charge is -2.21. The highest BCUT2D eigenvalue weighted by molar-refractivity contribution is 7.99. The predicted octanol–water partition coefficient (Wildman–Crippen LogP) is 2.73. The Balaban J connectivity index is 1.78. The van der Waals surface area contributed by atoms with Crippen LogP contribution in [-0.2, 0) is 19.1 Å². The van der Waals surface area contributed by atoms with Crippen molar-refractivity contribution in [2.45, 2.75) is 63.5 Å². The summed E-state index contributed by atoms with van der Waals surface area (Å²) in [5.41, 5.74) is 6.51. The zero-order valence-corrected chi connectivity index (χ0v) is 19.9. The van der Waals surface area contributed by atoms with Crippen molar-refractivity contribution in [3.63, 3.8) is 0 Å². The Kier molecular flexibility index (Phi) is 11.7. The molecule has 1 fully saturated rings. The second-order valence-electron chi connectivity index (χ2n) is 8.18. The Bertz CT molecular complexity index is 859. The fraction of sp³-hybridized carbons (Fsp3) is 0.565. The Morgan fingerprint density at radius 1 is 1.15 bits per heavy atom. The quantitative estimate of drug-likeness (QED) is 0.192. The third-order valence-corrected chi connectivity index (χ3v) is 6.46. The molecule has 0 aliphatic heterocycles. The van der Waals surface area contributed by atoms with E-state index in [0.717, 1.165) is 25.0 Å². The zero-order chi connectivity index (χ0) is 24.9. The number of nitrogen functional groups attached to an aromatic ring is 1. The molecule has 1 aromatic carbocycles. The molecule has 0 saturated heterocycles. The third-order valence-electron chi connectivity index (χ3n) is 5.41. The van der Waals surface area contributed by atoms with Crippen molar-refractivity contribution in [1.29, 1.82) is 0 Å². The maximum Gasteiger partial charge on any atom is 0.326 e. The monoisotopic (exact) mass is 495 g/mol. The molecule has 2 rings (SSSR count). The fourth-order valence-electron chi connectivity index (χ4n) is 3.57. The van der Waals surface area contributed by atoms with Gasteiger partial charge in [0.25, 0.3) is 5.91 Å². The lowest BCUT2D eigenvalue weighted by Crippen LogP contribution is -2.41. The SMILES string of the molecule is Nc1ccc(C(=O)NC(CCC(=O)O)C(=O)O)cc1NC(=O)CSCCCOC1CCCCC1. The van der Waals surface area contributed by atoms with Gasteiger partial charge in [-0.3, -0.25) is 14.4 Å². The van der Waals surface area contributed by atoms with E-state index in [1.807, 2.05) is 0 Å². The van der Waals surface area contributed by atoms with Crippen LogP contribution in [0.1, 0.15) is 61.7 Å². The van der Waals surface area contributed by atoms with Gasteiger partial charge in [-0.15, -0.1) is 0 Å². The van der Waals surface area contributed by atoms with E-state index in [9.17, 15) is 24.3 Å². The molecule has 34 heavy (non-hydrogen) atoms. The first-order valence-corrected chi connectivity index (χ1v) is 12.6. The van der Waals surface area contributed by atoms with Gasteiger partial charge in [0, 0.05) is 18.6 Å². The van der Waals surface area contributed by atoms with Crippen LogP contribution in [0.5, 0.6) is 0 Å². The number of carbonyl (C=O) groups excluding carboxylic acids is 2. The molecule has 2 amide bonds. The van der Waals surface area contributed by atoms with Gasteiger partial charge in [-0.25, -0.2) is 4.79 Å². The summed E-state index contributed by atoms with van der Waals surface area (Å²) >= 11 is 1.48. The van der Waals surface area contributed by atoms with Crippen molar-refractivity contribution in [1.82, 2.24) is 5.32 Å². The molecule has 1 atom stereocenters. The summed E-state index contributed by atoms with van der Waals surface area (Å²) in [4.78, 5) is 46.7. The highest BCUT2D eigenvalue weighted by Gasteiger charge is 2.22. The summed E-state index contributed by atoms with van der Waals surface area (Å²) in [7, 11) is 0. The Labute approximate surface area is 203 Å². The summed E-state index contributed by atoms with van der Waals surface area (Å²) in [5, 5.41) is 22.9. The van der Waals surface area contributed by atoms with Crippen molar-refractivity contribution >= 4 is 46.9 Å². The van der Waals surface area contributed by atoms with Gasteiger partial charge in [0.1, 0.15) is 6.04 Å². The second kappa shape index (κ2) is 14.5. The molecular weight excluding hydrogens is 462 g/mol. The molecule has 11 heteroatoms. The maximum absolute atomic E-state index is 12.4. The molecule has 0 heterocycles. The van der Waals surface area contributed by atoms with E-state index < -0.39 is 30.3 Å². The van der Waals surface area contributed by atoms with Gasteiger partial charge in [-0.05, 0) is 49.6 Å². The maximum atomic E-state index is 12.4. The summed E-state index contributed by atoms with van der Waals surface area (Å²) in [6.07, 6.45) is 6.60. The summed E-state index contributed by atoms with van der Waals surface area (Å²) < 4.78 is 5.87. The van der Waals surface area contributed by atoms with Crippen LogP contribution in [0, 0.1) is 0 Å². The Hall–Kier alpha value is -2.79. The number of nitrogens with one attached hydrogen (secondary N) is 2. The number of hydrogen-bond acceptors (Lipinski definition) is 7. The number of ether oxygens (including phenoxy) is 1. The molecule has 6 N–H and O–H groups in total. The number of nitrogens with two attached hydrogens (primary N) is 1. The smallest absolute Gasteiger partial charge is 0.326 e. The van der Waals surface area contributed by atoms with Gasteiger partial charge in [-0.2, -0.15) is 11.8 Å². The number of benzene rings is 1. The normalized spacial score (nSPS) is 14.8. The summed E-state index contributed by atoms with van der Waals surface area (Å²) in [6, 6.07) is 2.85. The van der Waals surface area contributed by atoms with Crippen molar-refractivity contribution in [3.8, 4) is 0 Å². The molecule has 1 aromatic rings. The molecule has 1 unspecified atom stereocenters. The number of amides is 2. The summed E-state index contributed by atoms with van der Waals surface area (Å²) in [5.74, 6) is -2.47. The van der Waals surface area contributed by atoms with E-state index in [4.69, 9.17) is 15.6 Å². The van der Waals surface area contributed by atoms with E-state index in [1.54, 1.807) is 0 Å². The van der Waals surface area contributed by atoms with E-state index in [-0.39, 0.29) is 35.0 Å². The van der Waals surface area contributed by atoms with Crippen LogP contribution in [0.4, 0.5) is 11.4 Å². The lowest BCUT2D eigenvalue weighted by molar-refractivity contribution is -0.140. The average molecular weight is 496 g/mol. The minimum atomic E-state index is -1.35. The molecule has 10 nitrogen and oxygen atoms in total. The van der Waals surface area contributed by atoms with Crippen LogP contribution in [-0.4, -0.2) is 64.2 Å². The van der Waals surface area contributed by atoms with Gasteiger partial charge < -0.3 is 31.3 Å². The van der Waals surface area contributed by atoms with Gasteiger partial charge in [0.15, 0.2) is 0 Å². The van der Waals surface area contributed by atoms with Crippen LogP contribution in [0.15, 0.2) is 18.2 Å². The van der Waals surface area contributed by atoms with Gasteiger partial charge in [-0.1, -0.05) is 19.3 Å². The minimum absolute atomic E-state index is 0.0959. The molecule has 1 saturated carbocycles. The number of carboxylic acids is 2. The first kappa shape index (κ1) is 27.5. The van der Waals surface area contributed by atoms with Crippen LogP contribution >= 0.6 is 11.8 Å². The molecule has 0 spiro atoms. The van der Waals surface area contributed by atoms with Crippen LogP contribution in [0.3, 0.4) is 0 Å². The first-order valence-electron chi connectivity index (χ1n) is 11.4. The van der Waals surface area contributed by atoms with Gasteiger partial charge in [0.05, 0.1) is 23.2 Å². The minimum Gasteiger partial charge on any atom is -0.481 e. The fourth-order valence-corrected chi connectivity index (χ4v) is 4.29. The molecule has 0 radical (unpaired) electrons. The molecule has 188 valence electrons. The predicted molar refractivity (Wildman–Crippen MR) is 130 cm³/mol. The van der Waals surface area contributed by atoms with E-state index in [1.165, 1.54) is 49.2 Å². The number of rotatable bonds is 14. The van der Waals surface area contributed by atoms with Gasteiger partial charge in [0.2, 0.25) is 5.91 Å². The van der Waals surface area contributed by atoms with Crippen LogP contribution in [0.25, 0.3) is 0 Å². The van der Waals surface area contributed by atoms with E-state index >= 15 is 0 Å². The highest BCUT2D eigenvalue weighted by Crippen LogP contribution is 2.22. The second-order valence-corrected chi connectivity index (χ2v) is 9.29. The Morgan fingerprint density at radius 3 is 2.56 bits per heavy atom. The van der Waals surface area contributed by atoms with Crippen molar-refractivity contribution in [2.75, 3.05) is 29.2 Å². The number of anilines is 2. The van der Waals surface area contributed by atoms with Gasteiger partial charge >= 0.3 is 11.9 Å². The molecule has 1 aliphatic rings. The standard InChI is InChI=1S/C23H33N3O7S/c24-17-8-7-15(22(30)26-18(23(31)32)9-10-21(28)29)13-19(17)25-20(27)14-34-12-4-11-33-16-5-2-1-3-6-16/h7-8,13,16,18H,1-6,9-12,14,24H2,(H,25,27)(H,26,30)(H,28,29)(H,31,32). The first-order chi connectivity index (χ1) is 16.3. The third kappa shape index (κ3) is 10.0. The van der Waals surface area contributed by atoms with Crippen LogP contribution in [0.2, 0.25) is 0 Å². The van der Waals surface area contributed by atoms with Crippen LogP contribution < -0.4 is 16.4 Å². The molecule has 0 aromatic heterocycles. The number of carboxylic acid groups (broad SMARTS) is 2. The zero-order valence-electron chi connectivity index (χ0n) is 19.1. The number of hydrogen-bond donors (Lipinski definition) is 5. The number of thioether (sulfide) groups is 1. The van der Waals surface area contributed by atoms with Crippen molar-refractivity contribution in [3.05, 3.63) is 23.8 Å². The lowest BCUT2D eigenvalue weighted by atomic mass is 9.98. The number of aliphatic carboxylic acids is 2. The molecule has 1 aliphatic carbocycles. The number of carbonyl (C=O) groups is 4. The molecule has 0 bridgehead atoms. The van der Waals surface area contributed by atoms with Crippen molar-refractivity contribution in [2.24, 2.45) is 0 Å². The largest absolute Gasteiger partial charge is 0.481 e. The van der Waals surface area contributed by atoms with E-state index in [0.29, 0.717) is 12.7 Å². The van der Waals surface area contributed by atoms with E-state index in [2.05, 4.69) is 10.6 Å². The molecular formula is C23H33N3O7S.